The zero-order valence-electron chi connectivity index (χ0n) is 11.7. The summed E-state index contributed by atoms with van der Waals surface area (Å²) in [5, 5.41) is 2.83. The number of carbonyl (C=O) groups is 1. The molecule has 1 aromatic heterocycles. The predicted molar refractivity (Wildman–Crippen MR) is 78.0 cm³/mol. The number of rotatable bonds is 5. The van der Waals surface area contributed by atoms with Crippen molar-refractivity contribution in [2.75, 3.05) is 5.32 Å². The Kier molecular flexibility index (Phi) is 4.53. The molecule has 2 atom stereocenters. The SMILES string of the molecule is CCC(C)[C@H](N)C(=O)Nc1cccc(-c2cnco2)c1. The first-order valence-electron chi connectivity index (χ1n) is 6.67. The number of aromatic nitrogens is 1. The van der Waals surface area contributed by atoms with Crippen molar-refractivity contribution in [3.8, 4) is 11.3 Å². The normalized spacial score (nSPS) is 13.8. The van der Waals surface area contributed by atoms with E-state index in [0.29, 0.717) is 11.4 Å². The van der Waals surface area contributed by atoms with Gasteiger partial charge in [0.15, 0.2) is 12.2 Å². The van der Waals surface area contributed by atoms with Crippen LogP contribution in [-0.4, -0.2) is 16.9 Å². The van der Waals surface area contributed by atoms with Gasteiger partial charge in [0.05, 0.1) is 12.2 Å². The van der Waals surface area contributed by atoms with Crippen LogP contribution < -0.4 is 11.1 Å². The summed E-state index contributed by atoms with van der Waals surface area (Å²) in [5.74, 6) is 0.633. The number of anilines is 1. The van der Waals surface area contributed by atoms with Gasteiger partial charge in [0.2, 0.25) is 5.91 Å². The predicted octanol–water partition coefficient (Wildman–Crippen LogP) is 2.65. The number of amides is 1. The maximum Gasteiger partial charge on any atom is 0.241 e. The quantitative estimate of drug-likeness (QED) is 0.877. The number of hydrogen-bond acceptors (Lipinski definition) is 4. The van der Waals surface area contributed by atoms with Crippen LogP contribution in [0, 0.1) is 5.92 Å². The summed E-state index contributed by atoms with van der Waals surface area (Å²) in [5.41, 5.74) is 7.47. The fourth-order valence-electron chi connectivity index (χ4n) is 1.85. The summed E-state index contributed by atoms with van der Waals surface area (Å²) >= 11 is 0. The van der Waals surface area contributed by atoms with Crippen LogP contribution in [0.25, 0.3) is 11.3 Å². The van der Waals surface area contributed by atoms with Gasteiger partial charge in [0, 0.05) is 11.3 Å². The Hall–Kier alpha value is -2.14. The summed E-state index contributed by atoms with van der Waals surface area (Å²) in [6.07, 6.45) is 3.87. The molecule has 20 heavy (non-hydrogen) atoms. The molecule has 0 radical (unpaired) electrons. The third-order valence-corrected chi connectivity index (χ3v) is 3.41. The molecule has 5 heteroatoms. The second kappa shape index (κ2) is 6.34. The van der Waals surface area contributed by atoms with Gasteiger partial charge in [0.25, 0.3) is 0 Å². The van der Waals surface area contributed by atoms with Crippen LogP contribution in [0.3, 0.4) is 0 Å². The van der Waals surface area contributed by atoms with Crippen molar-refractivity contribution in [1.29, 1.82) is 0 Å². The molecular weight excluding hydrogens is 254 g/mol. The van der Waals surface area contributed by atoms with Crippen LogP contribution in [0.15, 0.2) is 41.3 Å². The second-order valence-corrected chi connectivity index (χ2v) is 4.85. The van der Waals surface area contributed by atoms with Crippen molar-refractivity contribution in [3.05, 3.63) is 36.9 Å². The van der Waals surface area contributed by atoms with Crippen molar-refractivity contribution in [1.82, 2.24) is 4.98 Å². The highest BCUT2D eigenvalue weighted by atomic mass is 16.3. The molecule has 1 aromatic carbocycles. The monoisotopic (exact) mass is 273 g/mol. The molecule has 0 aliphatic heterocycles. The highest BCUT2D eigenvalue weighted by Crippen LogP contribution is 2.22. The second-order valence-electron chi connectivity index (χ2n) is 4.85. The minimum atomic E-state index is -0.506. The molecule has 0 aliphatic carbocycles. The smallest absolute Gasteiger partial charge is 0.241 e. The Morgan fingerprint density at radius 1 is 1.50 bits per heavy atom. The molecule has 2 rings (SSSR count). The van der Waals surface area contributed by atoms with Crippen molar-refractivity contribution < 1.29 is 9.21 Å². The third-order valence-electron chi connectivity index (χ3n) is 3.41. The number of nitrogens with two attached hydrogens (primary N) is 1. The highest BCUT2D eigenvalue weighted by Gasteiger charge is 2.19. The summed E-state index contributed by atoms with van der Waals surface area (Å²) in [4.78, 5) is 15.9. The van der Waals surface area contributed by atoms with E-state index < -0.39 is 6.04 Å². The molecule has 0 fully saturated rings. The Labute approximate surface area is 118 Å². The van der Waals surface area contributed by atoms with Gasteiger partial charge < -0.3 is 15.5 Å². The van der Waals surface area contributed by atoms with Gasteiger partial charge in [-0.1, -0.05) is 32.4 Å². The molecule has 1 unspecified atom stereocenters. The summed E-state index contributed by atoms with van der Waals surface area (Å²) in [6, 6.07) is 6.89. The molecule has 2 aromatic rings. The van der Waals surface area contributed by atoms with Crippen molar-refractivity contribution in [2.45, 2.75) is 26.3 Å². The van der Waals surface area contributed by atoms with Crippen molar-refractivity contribution >= 4 is 11.6 Å². The van der Waals surface area contributed by atoms with E-state index in [-0.39, 0.29) is 11.8 Å². The third kappa shape index (κ3) is 3.24. The van der Waals surface area contributed by atoms with E-state index in [1.165, 1.54) is 6.39 Å². The van der Waals surface area contributed by atoms with Gasteiger partial charge in [0.1, 0.15) is 0 Å². The summed E-state index contributed by atoms with van der Waals surface area (Å²) in [6.45, 7) is 3.98. The molecule has 0 saturated heterocycles. The topological polar surface area (TPSA) is 81.2 Å². The molecule has 3 N–H and O–H groups in total. The number of oxazole rings is 1. The molecule has 0 bridgehead atoms. The first-order chi connectivity index (χ1) is 9.61. The number of benzene rings is 1. The molecule has 1 heterocycles. The Morgan fingerprint density at radius 2 is 2.30 bits per heavy atom. The van der Waals surface area contributed by atoms with E-state index in [1.807, 2.05) is 38.1 Å². The first-order valence-corrected chi connectivity index (χ1v) is 6.67. The van der Waals surface area contributed by atoms with E-state index in [1.54, 1.807) is 6.20 Å². The maximum atomic E-state index is 12.0. The van der Waals surface area contributed by atoms with Gasteiger partial charge in [-0.3, -0.25) is 4.79 Å². The van der Waals surface area contributed by atoms with Crippen LogP contribution in [0.2, 0.25) is 0 Å². The lowest BCUT2D eigenvalue weighted by molar-refractivity contribution is -0.118. The summed E-state index contributed by atoms with van der Waals surface area (Å²) < 4.78 is 5.23. The van der Waals surface area contributed by atoms with Gasteiger partial charge in [-0.25, -0.2) is 4.98 Å². The van der Waals surface area contributed by atoms with Gasteiger partial charge in [-0.15, -0.1) is 0 Å². The van der Waals surface area contributed by atoms with Crippen LogP contribution in [0.5, 0.6) is 0 Å². The van der Waals surface area contributed by atoms with Crippen LogP contribution in [0.1, 0.15) is 20.3 Å². The standard InChI is InChI=1S/C15H19N3O2/c1-3-10(2)14(16)15(19)18-12-6-4-5-11(7-12)13-8-17-9-20-13/h4-10,14H,3,16H2,1-2H3,(H,18,19)/t10?,14-/m0/s1. The number of nitrogens with zero attached hydrogens (tertiary/aromatic N) is 1. The van der Waals surface area contributed by atoms with E-state index in [2.05, 4.69) is 10.3 Å². The summed E-state index contributed by atoms with van der Waals surface area (Å²) in [7, 11) is 0. The van der Waals surface area contributed by atoms with Gasteiger partial charge >= 0.3 is 0 Å². The molecule has 0 aliphatic rings. The zero-order chi connectivity index (χ0) is 14.5. The van der Waals surface area contributed by atoms with Crippen molar-refractivity contribution in [2.24, 2.45) is 11.7 Å². The largest absolute Gasteiger partial charge is 0.444 e. The van der Waals surface area contributed by atoms with E-state index in [0.717, 1.165) is 12.0 Å². The lowest BCUT2D eigenvalue weighted by Crippen LogP contribution is -2.40. The average molecular weight is 273 g/mol. The minimum Gasteiger partial charge on any atom is -0.444 e. The number of nitrogens with one attached hydrogen (secondary N) is 1. The zero-order valence-corrected chi connectivity index (χ0v) is 11.7. The van der Waals surface area contributed by atoms with Crippen LogP contribution in [0.4, 0.5) is 5.69 Å². The van der Waals surface area contributed by atoms with Crippen molar-refractivity contribution in [3.63, 3.8) is 0 Å². The Morgan fingerprint density at radius 3 is 2.95 bits per heavy atom. The molecule has 5 nitrogen and oxygen atoms in total. The molecule has 106 valence electrons. The number of hydrogen-bond donors (Lipinski definition) is 2. The lowest BCUT2D eigenvalue weighted by atomic mass is 9.99. The molecule has 0 saturated carbocycles. The number of carbonyl (C=O) groups excluding carboxylic acids is 1. The van der Waals surface area contributed by atoms with E-state index in [4.69, 9.17) is 10.2 Å². The van der Waals surface area contributed by atoms with Gasteiger partial charge in [-0.2, -0.15) is 0 Å². The van der Waals surface area contributed by atoms with E-state index in [9.17, 15) is 4.79 Å². The fourth-order valence-corrected chi connectivity index (χ4v) is 1.85. The highest BCUT2D eigenvalue weighted by molar-refractivity contribution is 5.95. The molecular formula is C15H19N3O2. The maximum absolute atomic E-state index is 12.0. The first kappa shape index (κ1) is 14.3. The Bertz CT molecular complexity index is 566. The minimum absolute atomic E-state index is 0.146. The molecule has 1 amide bonds. The average Bonchev–Trinajstić information content (AvgIpc) is 3.00. The van der Waals surface area contributed by atoms with E-state index >= 15 is 0 Å². The van der Waals surface area contributed by atoms with Gasteiger partial charge in [-0.05, 0) is 18.1 Å². The lowest BCUT2D eigenvalue weighted by Gasteiger charge is -2.17. The fraction of sp³-hybridized carbons (Fsp3) is 0.333. The van der Waals surface area contributed by atoms with Crippen LogP contribution in [-0.2, 0) is 4.79 Å². The Balaban J connectivity index is 2.10. The molecule has 0 spiro atoms. The van der Waals surface area contributed by atoms with Crippen LogP contribution >= 0.6 is 0 Å².